The van der Waals surface area contributed by atoms with E-state index in [0.29, 0.717) is 25.0 Å². The van der Waals surface area contributed by atoms with Gasteiger partial charge in [0.05, 0.1) is 0 Å². The SMILES string of the molecule is CC(=O)N1CCN(c2nnc(C(C)C)o2)CC1. The number of carbonyl (C=O) groups excluding carboxylic acids is 1. The zero-order valence-electron chi connectivity index (χ0n) is 10.5. The number of piperazine rings is 1. The minimum absolute atomic E-state index is 0.123. The van der Waals surface area contributed by atoms with Crippen molar-refractivity contribution in [3.8, 4) is 0 Å². The van der Waals surface area contributed by atoms with Crippen LogP contribution in [-0.4, -0.2) is 47.2 Å². The maximum Gasteiger partial charge on any atom is 0.318 e. The van der Waals surface area contributed by atoms with Crippen molar-refractivity contribution in [3.05, 3.63) is 5.89 Å². The zero-order valence-corrected chi connectivity index (χ0v) is 10.5. The molecule has 0 aliphatic carbocycles. The molecule has 1 fully saturated rings. The Kier molecular flexibility index (Phi) is 3.31. The number of carbonyl (C=O) groups is 1. The molecule has 6 nitrogen and oxygen atoms in total. The van der Waals surface area contributed by atoms with E-state index in [0.717, 1.165) is 13.1 Å². The Morgan fingerprint density at radius 1 is 1.24 bits per heavy atom. The van der Waals surface area contributed by atoms with Gasteiger partial charge in [-0.05, 0) is 0 Å². The average Bonchev–Trinajstić information content (AvgIpc) is 2.78. The molecule has 2 heterocycles. The Labute approximate surface area is 101 Å². The lowest BCUT2D eigenvalue weighted by Crippen LogP contribution is -2.48. The minimum atomic E-state index is 0.123. The molecule has 1 amide bonds. The lowest BCUT2D eigenvalue weighted by Gasteiger charge is -2.32. The molecule has 0 spiro atoms. The van der Waals surface area contributed by atoms with E-state index in [-0.39, 0.29) is 11.8 Å². The van der Waals surface area contributed by atoms with Crippen molar-refractivity contribution < 1.29 is 9.21 Å². The van der Waals surface area contributed by atoms with Gasteiger partial charge < -0.3 is 14.2 Å². The van der Waals surface area contributed by atoms with Crippen LogP contribution in [-0.2, 0) is 4.79 Å². The van der Waals surface area contributed by atoms with Gasteiger partial charge >= 0.3 is 6.01 Å². The van der Waals surface area contributed by atoms with Gasteiger partial charge in [0.2, 0.25) is 11.8 Å². The first-order valence-corrected chi connectivity index (χ1v) is 5.92. The van der Waals surface area contributed by atoms with E-state index in [1.54, 1.807) is 6.92 Å². The summed E-state index contributed by atoms with van der Waals surface area (Å²) in [5.74, 6) is 1.03. The molecule has 0 aromatic carbocycles. The van der Waals surface area contributed by atoms with Crippen LogP contribution in [0.4, 0.5) is 6.01 Å². The molecule has 94 valence electrons. The second-order valence-corrected chi connectivity index (χ2v) is 4.57. The molecular formula is C11H18N4O2. The third-order valence-corrected chi connectivity index (χ3v) is 2.92. The van der Waals surface area contributed by atoms with Crippen LogP contribution in [0.1, 0.15) is 32.6 Å². The van der Waals surface area contributed by atoms with Gasteiger partial charge in [-0.3, -0.25) is 4.79 Å². The van der Waals surface area contributed by atoms with Crippen molar-refractivity contribution in [1.29, 1.82) is 0 Å². The summed E-state index contributed by atoms with van der Waals surface area (Å²) in [6.07, 6.45) is 0. The molecule has 6 heteroatoms. The first-order valence-electron chi connectivity index (χ1n) is 5.92. The van der Waals surface area contributed by atoms with Crippen molar-refractivity contribution >= 4 is 11.9 Å². The number of amides is 1. The number of nitrogens with zero attached hydrogens (tertiary/aromatic N) is 4. The molecule has 0 unspecified atom stereocenters. The third kappa shape index (κ3) is 2.57. The molecule has 0 saturated carbocycles. The van der Waals surface area contributed by atoms with E-state index in [1.807, 2.05) is 23.6 Å². The maximum atomic E-state index is 11.2. The van der Waals surface area contributed by atoms with Crippen molar-refractivity contribution in [1.82, 2.24) is 15.1 Å². The normalized spacial score (nSPS) is 16.7. The van der Waals surface area contributed by atoms with Crippen LogP contribution in [0.5, 0.6) is 0 Å². The molecule has 1 aliphatic heterocycles. The monoisotopic (exact) mass is 238 g/mol. The Morgan fingerprint density at radius 3 is 2.35 bits per heavy atom. The van der Waals surface area contributed by atoms with E-state index in [4.69, 9.17) is 4.42 Å². The summed E-state index contributed by atoms with van der Waals surface area (Å²) >= 11 is 0. The molecule has 1 aliphatic rings. The van der Waals surface area contributed by atoms with Gasteiger partial charge in [0.1, 0.15) is 0 Å². The first kappa shape index (κ1) is 11.9. The van der Waals surface area contributed by atoms with Gasteiger partial charge in [0.15, 0.2) is 0 Å². The molecule has 0 bridgehead atoms. The molecule has 0 N–H and O–H groups in total. The summed E-state index contributed by atoms with van der Waals surface area (Å²) in [6.45, 7) is 8.57. The van der Waals surface area contributed by atoms with Crippen LogP contribution in [0, 0.1) is 0 Å². The summed E-state index contributed by atoms with van der Waals surface area (Å²) in [4.78, 5) is 15.0. The van der Waals surface area contributed by atoms with Crippen LogP contribution in [0.15, 0.2) is 4.42 Å². The summed E-state index contributed by atoms with van der Waals surface area (Å²) < 4.78 is 5.58. The number of aromatic nitrogens is 2. The second-order valence-electron chi connectivity index (χ2n) is 4.57. The van der Waals surface area contributed by atoms with Crippen LogP contribution in [0.2, 0.25) is 0 Å². The summed E-state index contributed by atoms with van der Waals surface area (Å²) in [7, 11) is 0. The average molecular weight is 238 g/mol. The molecule has 1 saturated heterocycles. The molecule has 1 aromatic heterocycles. The highest BCUT2D eigenvalue weighted by atomic mass is 16.4. The third-order valence-electron chi connectivity index (χ3n) is 2.92. The molecule has 0 radical (unpaired) electrons. The number of anilines is 1. The van der Waals surface area contributed by atoms with Gasteiger partial charge in [0, 0.05) is 39.0 Å². The molecule has 0 atom stereocenters. The van der Waals surface area contributed by atoms with Gasteiger partial charge in [-0.15, -0.1) is 5.10 Å². The molecular weight excluding hydrogens is 220 g/mol. The van der Waals surface area contributed by atoms with Crippen molar-refractivity contribution in [2.24, 2.45) is 0 Å². The standard InChI is InChI=1S/C11H18N4O2/c1-8(2)10-12-13-11(17-10)15-6-4-14(5-7-15)9(3)16/h8H,4-7H2,1-3H3. The van der Waals surface area contributed by atoms with E-state index in [2.05, 4.69) is 10.2 Å². The Balaban J connectivity index is 1.98. The van der Waals surface area contributed by atoms with Crippen LogP contribution < -0.4 is 4.90 Å². The minimum Gasteiger partial charge on any atom is -0.408 e. The highest BCUT2D eigenvalue weighted by Gasteiger charge is 2.22. The van der Waals surface area contributed by atoms with Crippen LogP contribution in [0.25, 0.3) is 0 Å². The van der Waals surface area contributed by atoms with Crippen molar-refractivity contribution in [2.75, 3.05) is 31.1 Å². The predicted octanol–water partition coefficient (Wildman–Crippen LogP) is 0.861. The Morgan fingerprint density at radius 2 is 1.88 bits per heavy atom. The van der Waals surface area contributed by atoms with Gasteiger partial charge in [-0.2, -0.15) is 0 Å². The smallest absolute Gasteiger partial charge is 0.318 e. The maximum absolute atomic E-state index is 11.2. The number of hydrogen-bond donors (Lipinski definition) is 0. The zero-order chi connectivity index (χ0) is 12.4. The summed E-state index contributed by atoms with van der Waals surface area (Å²) in [5.41, 5.74) is 0. The number of hydrogen-bond acceptors (Lipinski definition) is 5. The first-order chi connectivity index (χ1) is 8.08. The van der Waals surface area contributed by atoms with Crippen LogP contribution in [0.3, 0.4) is 0 Å². The fourth-order valence-electron chi connectivity index (χ4n) is 1.80. The van der Waals surface area contributed by atoms with E-state index in [1.165, 1.54) is 0 Å². The Hall–Kier alpha value is -1.59. The second kappa shape index (κ2) is 4.73. The van der Waals surface area contributed by atoms with Crippen molar-refractivity contribution in [2.45, 2.75) is 26.7 Å². The molecule has 17 heavy (non-hydrogen) atoms. The highest BCUT2D eigenvalue weighted by molar-refractivity contribution is 5.73. The van der Waals surface area contributed by atoms with Gasteiger partial charge in [-0.25, -0.2) is 0 Å². The lowest BCUT2D eigenvalue weighted by atomic mass is 10.2. The fraction of sp³-hybridized carbons (Fsp3) is 0.727. The number of rotatable bonds is 2. The predicted molar refractivity (Wildman–Crippen MR) is 62.9 cm³/mol. The fourth-order valence-corrected chi connectivity index (χ4v) is 1.80. The van der Waals surface area contributed by atoms with Crippen LogP contribution >= 0.6 is 0 Å². The Bertz CT molecular complexity index is 394. The van der Waals surface area contributed by atoms with Gasteiger partial charge in [-0.1, -0.05) is 18.9 Å². The van der Waals surface area contributed by atoms with E-state index >= 15 is 0 Å². The van der Waals surface area contributed by atoms with E-state index < -0.39 is 0 Å². The molecule has 2 rings (SSSR count). The summed E-state index contributed by atoms with van der Waals surface area (Å²) in [5, 5.41) is 8.04. The van der Waals surface area contributed by atoms with Crippen molar-refractivity contribution in [3.63, 3.8) is 0 Å². The molecule has 1 aromatic rings. The topological polar surface area (TPSA) is 62.5 Å². The lowest BCUT2D eigenvalue weighted by molar-refractivity contribution is -0.129. The summed E-state index contributed by atoms with van der Waals surface area (Å²) in [6, 6.07) is 0.567. The quantitative estimate of drug-likeness (QED) is 0.764. The largest absolute Gasteiger partial charge is 0.408 e. The van der Waals surface area contributed by atoms with Gasteiger partial charge in [0.25, 0.3) is 0 Å². The van der Waals surface area contributed by atoms with E-state index in [9.17, 15) is 4.79 Å². The highest BCUT2D eigenvalue weighted by Crippen LogP contribution is 2.19.